The van der Waals surface area contributed by atoms with Gasteiger partial charge in [-0.1, -0.05) is 50.4 Å². The molecule has 6 heteroatoms. The molecule has 0 spiro atoms. The Bertz CT molecular complexity index is 773. The van der Waals surface area contributed by atoms with Gasteiger partial charge in [-0.3, -0.25) is 9.59 Å². The maximum absolute atomic E-state index is 12.3. The number of amides is 2. The standard InChI is InChI=1S/C22H24Br2N2O2/c23-19-8-2-6-17(11-19)21(27)25-13-15-4-1-5-16(10-15)14-26-22(28)18-7-3-9-20(24)12-18/h2-3,6-9,11-12,15-16H,1,4-5,10,13-14H2,(H,25,27)(H,26,28)/t15-,16-/m0/s1. The molecular formula is C22H24Br2N2O2. The van der Waals surface area contributed by atoms with Crippen LogP contribution in [0.3, 0.4) is 0 Å². The van der Waals surface area contributed by atoms with Gasteiger partial charge in [0.05, 0.1) is 0 Å². The summed E-state index contributed by atoms with van der Waals surface area (Å²) < 4.78 is 1.80. The molecule has 148 valence electrons. The van der Waals surface area contributed by atoms with Crippen molar-refractivity contribution in [2.45, 2.75) is 25.7 Å². The topological polar surface area (TPSA) is 58.2 Å². The SMILES string of the molecule is O=C(NC[C@H]1CCC[C@H](CNC(=O)c2cccc(Br)c2)C1)c1cccc(Br)c1. The third-order valence-electron chi connectivity index (χ3n) is 5.17. The predicted molar refractivity (Wildman–Crippen MR) is 118 cm³/mol. The highest BCUT2D eigenvalue weighted by Gasteiger charge is 2.23. The summed E-state index contributed by atoms with van der Waals surface area (Å²) in [5.41, 5.74) is 1.34. The number of benzene rings is 2. The lowest BCUT2D eigenvalue weighted by Gasteiger charge is -2.29. The Morgan fingerprint density at radius 1 is 0.821 bits per heavy atom. The lowest BCUT2D eigenvalue weighted by Crippen LogP contribution is -2.35. The summed E-state index contributed by atoms with van der Waals surface area (Å²) in [7, 11) is 0. The van der Waals surface area contributed by atoms with Crippen LogP contribution in [0.4, 0.5) is 0 Å². The second-order valence-electron chi connectivity index (χ2n) is 7.34. The molecule has 2 aromatic rings. The normalized spacial score (nSPS) is 19.1. The van der Waals surface area contributed by atoms with E-state index in [1.165, 1.54) is 0 Å². The minimum absolute atomic E-state index is 0.0358. The molecule has 2 aromatic carbocycles. The smallest absolute Gasteiger partial charge is 0.251 e. The Hall–Kier alpha value is -1.66. The molecular weight excluding hydrogens is 484 g/mol. The largest absolute Gasteiger partial charge is 0.352 e. The minimum atomic E-state index is -0.0358. The van der Waals surface area contributed by atoms with Crippen LogP contribution in [0, 0.1) is 11.8 Å². The van der Waals surface area contributed by atoms with Gasteiger partial charge in [0, 0.05) is 33.2 Å². The molecule has 0 bridgehead atoms. The van der Waals surface area contributed by atoms with Crippen molar-refractivity contribution >= 4 is 43.7 Å². The molecule has 0 saturated heterocycles. The molecule has 2 N–H and O–H groups in total. The number of hydrogen-bond donors (Lipinski definition) is 2. The number of nitrogens with one attached hydrogen (secondary N) is 2. The van der Waals surface area contributed by atoms with E-state index in [0.29, 0.717) is 36.1 Å². The van der Waals surface area contributed by atoms with E-state index in [2.05, 4.69) is 42.5 Å². The van der Waals surface area contributed by atoms with E-state index in [9.17, 15) is 9.59 Å². The van der Waals surface area contributed by atoms with Crippen LogP contribution < -0.4 is 10.6 Å². The van der Waals surface area contributed by atoms with Crippen molar-refractivity contribution in [1.82, 2.24) is 10.6 Å². The van der Waals surface area contributed by atoms with Gasteiger partial charge < -0.3 is 10.6 Å². The van der Waals surface area contributed by atoms with E-state index >= 15 is 0 Å². The molecule has 0 aliphatic heterocycles. The maximum atomic E-state index is 12.3. The average Bonchev–Trinajstić information content (AvgIpc) is 2.70. The Labute approximate surface area is 182 Å². The molecule has 2 atom stereocenters. The molecule has 2 amide bonds. The van der Waals surface area contributed by atoms with Gasteiger partial charge in [-0.15, -0.1) is 0 Å². The van der Waals surface area contributed by atoms with Crippen molar-refractivity contribution in [3.8, 4) is 0 Å². The molecule has 0 heterocycles. The Balaban J connectivity index is 1.45. The summed E-state index contributed by atoms with van der Waals surface area (Å²) in [5.74, 6) is 0.841. The molecule has 1 aliphatic rings. The summed E-state index contributed by atoms with van der Waals surface area (Å²) in [4.78, 5) is 24.7. The van der Waals surface area contributed by atoms with Crippen LogP contribution in [0.2, 0.25) is 0 Å². The molecule has 3 rings (SSSR count). The monoisotopic (exact) mass is 506 g/mol. The Morgan fingerprint density at radius 2 is 1.29 bits per heavy atom. The van der Waals surface area contributed by atoms with Crippen molar-refractivity contribution in [3.05, 3.63) is 68.6 Å². The summed E-state index contributed by atoms with van der Waals surface area (Å²) in [6, 6.07) is 14.8. The second kappa shape index (κ2) is 10.2. The number of rotatable bonds is 6. The Kier molecular flexibility index (Phi) is 7.68. The Morgan fingerprint density at radius 3 is 1.71 bits per heavy atom. The summed E-state index contributed by atoms with van der Waals surface area (Å²) >= 11 is 6.80. The van der Waals surface area contributed by atoms with E-state index in [-0.39, 0.29) is 11.8 Å². The number of halogens is 2. The highest BCUT2D eigenvalue weighted by molar-refractivity contribution is 9.10. The van der Waals surface area contributed by atoms with Gasteiger partial charge in [0.1, 0.15) is 0 Å². The molecule has 1 aliphatic carbocycles. The van der Waals surface area contributed by atoms with Crippen LogP contribution >= 0.6 is 31.9 Å². The van der Waals surface area contributed by atoms with Crippen LogP contribution in [-0.2, 0) is 0 Å². The van der Waals surface area contributed by atoms with Gasteiger partial charge in [-0.25, -0.2) is 0 Å². The highest BCUT2D eigenvalue weighted by atomic mass is 79.9. The molecule has 0 unspecified atom stereocenters. The van der Waals surface area contributed by atoms with Crippen LogP contribution in [-0.4, -0.2) is 24.9 Å². The summed E-state index contributed by atoms with van der Waals surface area (Å²) in [6.07, 6.45) is 4.40. The lowest BCUT2D eigenvalue weighted by molar-refractivity contribution is 0.0935. The number of hydrogen-bond acceptors (Lipinski definition) is 2. The van der Waals surface area contributed by atoms with Gasteiger partial charge >= 0.3 is 0 Å². The zero-order valence-electron chi connectivity index (χ0n) is 15.6. The van der Waals surface area contributed by atoms with Crippen molar-refractivity contribution in [2.75, 3.05) is 13.1 Å². The van der Waals surface area contributed by atoms with Gasteiger partial charge in [-0.05, 0) is 67.5 Å². The van der Waals surface area contributed by atoms with Crippen LogP contribution in [0.15, 0.2) is 57.5 Å². The van der Waals surface area contributed by atoms with Gasteiger partial charge in [0.25, 0.3) is 11.8 Å². The van der Waals surface area contributed by atoms with Crippen molar-refractivity contribution in [2.24, 2.45) is 11.8 Å². The van der Waals surface area contributed by atoms with Gasteiger partial charge in [-0.2, -0.15) is 0 Å². The van der Waals surface area contributed by atoms with Crippen molar-refractivity contribution < 1.29 is 9.59 Å². The third kappa shape index (κ3) is 6.17. The first kappa shape index (κ1) is 21.1. The van der Waals surface area contributed by atoms with E-state index in [1.54, 1.807) is 0 Å². The second-order valence-corrected chi connectivity index (χ2v) is 9.17. The first-order chi connectivity index (χ1) is 13.5. The number of carbonyl (C=O) groups excluding carboxylic acids is 2. The van der Waals surface area contributed by atoms with Gasteiger partial charge in [0.2, 0.25) is 0 Å². The third-order valence-corrected chi connectivity index (χ3v) is 6.15. The molecule has 0 radical (unpaired) electrons. The van der Waals surface area contributed by atoms with E-state index in [1.807, 2.05) is 48.5 Å². The fourth-order valence-corrected chi connectivity index (χ4v) is 4.51. The van der Waals surface area contributed by atoms with E-state index < -0.39 is 0 Å². The first-order valence-electron chi connectivity index (χ1n) is 9.59. The van der Waals surface area contributed by atoms with Crippen LogP contribution in [0.1, 0.15) is 46.4 Å². The summed E-state index contributed by atoms with van der Waals surface area (Å²) in [5, 5.41) is 6.12. The van der Waals surface area contributed by atoms with E-state index in [0.717, 1.165) is 34.6 Å². The quantitative estimate of drug-likeness (QED) is 0.566. The predicted octanol–water partition coefficient (Wildman–Crippen LogP) is 5.18. The zero-order chi connectivity index (χ0) is 19.9. The lowest BCUT2D eigenvalue weighted by atomic mass is 9.81. The van der Waals surface area contributed by atoms with Gasteiger partial charge in [0.15, 0.2) is 0 Å². The average molecular weight is 508 g/mol. The molecule has 1 fully saturated rings. The molecule has 4 nitrogen and oxygen atoms in total. The fourth-order valence-electron chi connectivity index (χ4n) is 3.71. The maximum Gasteiger partial charge on any atom is 0.251 e. The molecule has 28 heavy (non-hydrogen) atoms. The molecule has 0 aromatic heterocycles. The van der Waals surface area contributed by atoms with E-state index in [4.69, 9.17) is 0 Å². The number of carbonyl (C=O) groups is 2. The van der Waals surface area contributed by atoms with Crippen LogP contribution in [0.5, 0.6) is 0 Å². The first-order valence-corrected chi connectivity index (χ1v) is 11.2. The van der Waals surface area contributed by atoms with Crippen molar-refractivity contribution in [3.63, 3.8) is 0 Å². The highest BCUT2D eigenvalue weighted by Crippen LogP contribution is 2.28. The fraction of sp³-hybridized carbons (Fsp3) is 0.364. The molecule has 1 saturated carbocycles. The zero-order valence-corrected chi connectivity index (χ0v) is 18.8. The van der Waals surface area contributed by atoms with Crippen molar-refractivity contribution in [1.29, 1.82) is 0 Å². The minimum Gasteiger partial charge on any atom is -0.352 e. The summed E-state index contributed by atoms with van der Waals surface area (Å²) in [6.45, 7) is 1.36. The van der Waals surface area contributed by atoms with Crippen LogP contribution in [0.25, 0.3) is 0 Å².